The molecule has 1 aliphatic rings. The topological polar surface area (TPSA) is 56.7 Å². The highest BCUT2D eigenvalue weighted by Gasteiger charge is 2.24. The lowest BCUT2D eigenvalue weighted by Gasteiger charge is -2.34. The Bertz CT molecular complexity index is 1060. The van der Waals surface area contributed by atoms with Crippen LogP contribution >= 0.6 is 11.3 Å². The van der Waals surface area contributed by atoms with E-state index in [2.05, 4.69) is 22.8 Å². The van der Waals surface area contributed by atoms with Gasteiger partial charge in [-0.15, -0.1) is 0 Å². The second-order valence-corrected chi connectivity index (χ2v) is 8.64. The fraction of sp³-hybridized carbons (Fsp3) is 0.304. The number of piperazine rings is 1. The van der Waals surface area contributed by atoms with Crippen molar-refractivity contribution in [1.29, 1.82) is 0 Å². The summed E-state index contributed by atoms with van der Waals surface area (Å²) in [5.41, 5.74) is 1.32. The molecule has 0 saturated carbocycles. The molecule has 1 amide bonds. The van der Waals surface area contributed by atoms with Crippen molar-refractivity contribution in [3.63, 3.8) is 0 Å². The minimum atomic E-state index is -1.06. The van der Waals surface area contributed by atoms with Gasteiger partial charge in [-0.05, 0) is 44.2 Å². The summed E-state index contributed by atoms with van der Waals surface area (Å²) in [6, 6.07) is 15.4. The number of thiazole rings is 1. The van der Waals surface area contributed by atoms with Gasteiger partial charge < -0.3 is 14.9 Å². The summed E-state index contributed by atoms with van der Waals surface area (Å²) in [5.74, 6) is 5.74. The normalized spacial score (nSPS) is 14.6. The van der Waals surface area contributed by atoms with E-state index in [-0.39, 0.29) is 5.91 Å². The lowest BCUT2D eigenvalue weighted by molar-refractivity contribution is 0.0746. The van der Waals surface area contributed by atoms with E-state index >= 15 is 0 Å². The molecule has 3 aromatic rings. The largest absolute Gasteiger partial charge is 0.378 e. The number of aromatic nitrogens is 1. The van der Waals surface area contributed by atoms with Gasteiger partial charge in [0.2, 0.25) is 0 Å². The van der Waals surface area contributed by atoms with E-state index < -0.39 is 5.60 Å². The van der Waals surface area contributed by atoms with Crippen LogP contribution in [0.5, 0.6) is 0 Å². The zero-order chi connectivity index (χ0) is 20.4. The molecule has 1 aromatic heterocycles. The fourth-order valence-electron chi connectivity index (χ4n) is 3.23. The van der Waals surface area contributed by atoms with Crippen LogP contribution in [0.4, 0.5) is 5.13 Å². The number of carbonyl (C=O) groups is 1. The van der Waals surface area contributed by atoms with Gasteiger partial charge >= 0.3 is 0 Å². The molecule has 2 aromatic carbocycles. The van der Waals surface area contributed by atoms with Crippen molar-refractivity contribution < 1.29 is 9.90 Å². The van der Waals surface area contributed by atoms with Crippen molar-refractivity contribution in [3.05, 3.63) is 59.7 Å². The minimum absolute atomic E-state index is 0.0147. The van der Waals surface area contributed by atoms with Gasteiger partial charge in [0.1, 0.15) is 5.60 Å². The van der Waals surface area contributed by atoms with Crippen molar-refractivity contribution in [2.75, 3.05) is 31.1 Å². The Hall–Kier alpha value is -2.88. The van der Waals surface area contributed by atoms with E-state index in [0.717, 1.165) is 29.3 Å². The molecule has 0 aliphatic carbocycles. The van der Waals surface area contributed by atoms with Crippen LogP contribution in [0, 0.1) is 11.8 Å². The summed E-state index contributed by atoms with van der Waals surface area (Å²) in [6.07, 6.45) is 0. The highest BCUT2D eigenvalue weighted by Crippen LogP contribution is 2.29. The van der Waals surface area contributed by atoms with Crippen LogP contribution in [-0.2, 0) is 0 Å². The summed E-state index contributed by atoms with van der Waals surface area (Å²) >= 11 is 1.69. The van der Waals surface area contributed by atoms with Crippen molar-refractivity contribution in [2.24, 2.45) is 0 Å². The number of carbonyl (C=O) groups excluding carboxylic acids is 1. The first-order valence-electron chi connectivity index (χ1n) is 9.64. The van der Waals surface area contributed by atoms with Gasteiger partial charge in [-0.3, -0.25) is 4.79 Å². The van der Waals surface area contributed by atoms with Crippen LogP contribution in [0.2, 0.25) is 0 Å². The van der Waals surface area contributed by atoms with Crippen molar-refractivity contribution in [1.82, 2.24) is 9.88 Å². The van der Waals surface area contributed by atoms with Crippen LogP contribution < -0.4 is 4.90 Å². The van der Waals surface area contributed by atoms with E-state index in [9.17, 15) is 9.90 Å². The highest BCUT2D eigenvalue weighted by atomic mass is 32.1. The van der Waals surface area contributed by atoms with Crippen LogP contribution in [-0.4, -0.2) is 52.7 Å². The smallest absolute Gasteiger partial charge is 0.254 e. The predicted molar refractivity (Wildman–Crippen MR) is 117 cm³/mol. The number of benzene rings is 2. The first-order valence-corrected chi connectivity index (χ1v) is 10.5. The standard InChI is InChI=1S/C23H23N3O2S/c1-23(2,28)11-10-17-6-5-7-18(16-17)21(27)25-12-14-26(15-13-25)22-24-19-8-3-4-9-20(19)29-22/h3-9,16,28H,12-15H2,1-2H3. The Labute approximate surface area is 174 Å². The molecule has 0 spiro atoms. The third-order valence-corrected chi connectivity index (χ3v) is 5.84. The maximum absolute atomic E-state index is 12.9. The Kier molecular flexibility index (Phi) is 5.27. The van der Waals surface area contributed by atoms with Crippen molar-refractivity contribution in [2.45, 2.75) is 19.4 Å². The first-order chi connectivity index (χ1) is 13.9. The van der Waals surface area contributed by atoms with Gasteiger partial charge in [-0.2, -0.15) is 0 Å². The molecule has 6 heteroatoms. The molecule has 1 aliphatic heterocycles. The summed E-state index contributed by atoms with van der Waals surface area (Å²) in [5, 5.41) is 10.8. The summed E-state index contributed by atoms with van der Waals surface area (Å²) < 4.78 is 1.19. The number of para-hydroxylation sites is 1. The molecule has 29 heavy (non-hydrogen) atoms. The molecule has 1 fully saturated rings. The van der Waals surface area contributed by atoms with E-state index in [4.69, 9.17) is 4.98 Å². The molecular weight excluding hydrogens is 382 g/mol. The number of hydrogen-bond donors (Lipinski definition) is 1. The van der Waals surface area contributed by atoms with Crippen LogP contribution in [0.15, 0.2) is 48.5 Å². The lowest BCUT2D eigenvalue weighted by atomic mass is 10.1. The molecular formula is C23H23N3O2S. The number of rotatable bonds is 2. The number of aliphatic hydroxyl groups is 1. The SMILES string of the molecule is CC(C)(O)C#Cc1cccc(C(=O)N2CCN(c3nc4ccccc4s3)CC2)c1. The number of anilines is 1. The second kappa shape index (κ2) is 7.86. The van der Waals surface area contributed by atoms with E-state index in [0.29, 0.717) is 18.7 Å². The zero-order valence-corrected chi connectivity index (χ0v) is 17.4. The maximum Gasteiger partial charge on any atom is 0.254 e. The molecule has 1 N–H and O–H groups in total. The van der Waals surface area contributed by atoms with Crippen LogP contribution in [0.25, 0.3) is 10.2 Å². The zero-order valence-electron chi connectivity index (χ0n) is 16.6. The maximum atomic E-state index is 12.9. The predicted octanol–water partition coefficient (Wildman–Crippen LogP) is 3.38. The molecule has 2 heterocycles. The summed E-state index contributed by atoms with van der Waals surface area (Å²) in [4.78, 5) is 21.8. The highest BCUT2D eigenvalue weighted by molar-refractivity contribution is 7.22. The Morgan fingerprint density at radius 2 is 1.86 bits per heavy atom. The van der Waals surface area contributed by atoms with E-state index in [1.807, 2.05) is 41.3 Å². The third kappa shape index (κ3) is 4.58. The van der Waals surface area contributed by atoms with Crippen molar-refractivity contribution in [3.8, 4) is 11.8 Å². The molecule has 0 bridgehead atoms. The van der Waals surface area contributed by atoms with Gasteiger partial charge in [0.25, 0.3) is 5.91 Å². The summed E-state index contributed by atoms with van der Waals surface area (Å²) in [7, 11) is 0. The molecule has 0 atom stereocenters. The van der Waals surface area contributed by atoms with Crippen LogP contribution in [0.3, 0.4) is 0 Å². The number of hydrogen-bond acceptors (Lipinski definition) is 5. The van der Waals surface area contributed by atoms with E-state index in [1.54, 1.807) is 31.3 Å². The van der Waals surface area contributed by atoms with Gasteiger partial charge in [-0.1, -0.05) is 41.4 Å². The number of amides is 1. The second-order valence-electron chi connectivity index (χ2n) is 7.63. The molecule has 4 rings (SSSR count). The molecule has 1 saturated heterocycles. The van der Waals surface area contributed by atoms with Gasteiger partial charge in [-0.25, -0.2) is 4.98 Å². The number of nitrogens with zero attached hydrogens (tertiary/aromatic N) is 3. The Morgan fingerprint density at radius 1 is 1.10 bits per heavy atom. The van der Waals surface area contributed by atoms with Gasteiger partial charge in [0, 0.05) is 37.3 Å². The average molecular weight is 406 g/mol. The molecule has 148 valence electrons. The lowest BCUT2D eigenvalue weighted by Crippen LogP contribution is -2.48. The molecule has 0 radical (unpaired) electrons. The Morgan fingerprint density at radius 3 is 2.59 bits per heavy atom. The minimum Gasteiger partial charge on any atom is -0.378 e. The van der Waals surface area contributed by atoms with Gasteiger partial charge in [0.15, 0.2) is 5.13 Å². The summed E-state index contributed by atoms with van der Waals surface area (Å²) in [6.45, 7) is 6.13. The number of fused-ring (bicyclic) bond motifs is 1. The fourth-order valence-corrected chi connectivity index (χ4v) is 4.25. The average Bonchev–Trinajstić information content (AvgIpc) is 3.16. The Balaban J connectivity index is 1.43. The third-order valence-electron chi connectivity index (χ3n) is 4.74. The van der Waals surface area contributed by atoms with Gasteiger partial charge in [0.05, 0.1) is 10.2 Å². The van der Waals surface area contributed by atoms with E-state index in [1.165, 1.54) is 4.70 Å². The monoisotopic (exact) mass is 405 g/mol. The van der Waals surface area contributed by atoms with Crippen molar-refractivity contribution >= 4 is 32.6 Å². The molecule has 5 nitrogen and oxygen atoms in total. The first kappa shape index (κ1) is 19.4. The quantitative estimate of drug-likeness (QED) is 0.664. The van der Waals surface area contributed by atoms with Crippen LogP contribution in [0.1, 0.15) is 29.8 Å². The molecule has 0 unspecified atom stereocenters.